The highest BCUT2D eigenvalue weighted by Gasteiger charge is 2.31. The van der Waals surface area contributed by atoms with Crippen molar-refractivity contribution in [3.05, 3.63) is 29.8 Å². The molecule has 1 aromatic carbocycles. The summed E-state index contributed by atoms with van der Waals surface area (Å²) in [5, 5.41) is 11.4. The number of nitrogens with one attached hydrogen (secondary N) is 1. The third kappa shape index (κ3) is 4.55. The van der Waals surface area contributed by atoms with Crippen LogP contribution >= 0.6 is 0 Å². The number of hydrogen-bond acceptors (Lipinski definition) is 4. The average molecular weight is 354 g/mol. The topological polar surface area (TPSA) is 86.7 Å². The summed E-state index contributed by atoms with van der Waals surface area (Å²) in [5.74, 6) is 0.322. The van der Waals surface area contributed by atoms with Gasteiger partial charge in [0.05, 0.1) is 4.90 Å². The van der Waals surface area contributed by atoms with Gasteiger partial charge in [0.25, 0.3) is 5.91 Å². The summed E-state index contributed by atoms with van der Waals surface area (Å²) in [4.78, 5) is 12.2. The summed E-state index contributed by atoms with van der Waals surface area (Å²) in [5.41, 5.74) is 0.312. The zero-order valence-electron chi connectivity index (χ0n) is 14.2. The normalized spacial score (nSPS) is 22.3. The molecule has 1 saturated heterocycles. The van der Waals surface area contributed by atoms with Crippen molar-refractivity contribution in [2.24, 2.45) is 11.8 Å². The molecular weight excluding hydrogens is 328 g/mol. The molecule has 0 aromatic heterocycles. The molecule has 1 aliphatic rings. The monoisotopic (exact) mass is 354 g/mol. The molecule has 0 aliphatic carbocycles. The largest absolute Gasteiger partial charge is 0.396 e. The molecule has 6 nitrogen and oxygen atoms in total. The number of carbonyl (C=O) groups is 1. The van der Waals surface area contributed by atoms with E-state index in [2.05, 4.69) is 19.2 Å². The zero-order valence-corrected chi connectivity index (χ0v) is 15.1. The van der Waals surface area contributed by atoms with Crippen LogP contribution in [0.1, 0.15) is 37.0 Å². The molecule has 1 fully saturated rings. The van der Waals surface area contributed by atoms with Gasteiger partial charge >= 0.3 is 0 Å². The molecule has 2 unspecified atom stereocenters. The highest BCUT2D eigenvalue weighted by molar-refractivity contribution is 7.89. The Morgan fingerprint density at radius 2 is 1.96 bits per heavy atom. The van der Waals surface area contributed by atoms with Crippen LogP contribution in [0.25, 0.3) is 0 Å². The first-order chi connectivity index (χ1) is 11.3. The van der Waals surface area contributed by atoms with Gasteiger partial charge in [-0.3, -0.25) is 4.79 Å². The van der Waals surface area contributed by atoms with Gasteiger partial charge in [-0.1, -0.05) is 19.9 Å². The number of carbonyl (C=O) groups excluding carboxylic acids is 1. The molecule has 1 aliphatic heterocycles. The number of piperidine rings is 1. The van der Waals surface area contributed by atoms with Crippen LogP contribution in [-0.2, 0) is 10.0 Å². The maximum Gasteiger partial charge on any atom is 0.251 e. The SMILES string of the molecule is CC1CC(C)CN(S(=O)(=O)c2cccc(C(=O)NCCCO)c2)C1. The van der Waals surface area contributed by atoms with Crippen LogP contribution in [0.15, 0.2) is 29.2 Å². The van der Waals surface area contributed by atoms with Gasteiger partial charge in [-0.2, -0.15) is 4.31 Å². The van der Waals surface area contributed by atoms with Gasteiger partial charge in [0, 0.05) is 31.8 Å². The molecule has 0 spiro atoms. The molecule has 7 heteroatoms. The van der Waals surface area contributed by atoms with Gasteiger partial charge < -0.3 is 10.4 Å². The van der Waals surface area contributed by atoms with Gasteiger partial charge in [0.2, 0.25) is 10.0 Å². The van der Waals surface area contributed by atoms with Crippen LogP contribution in [0.5, 0.6) is 0 Å². The maximum atomic E-state index is 12.9. The Morgan fingerprint density at radius 1 is 1.29 bits per heavy atom. The molecule has 1 amide bonds. The van der Waals surface area contributed by atoms with E-state index >= 15 is 0 Å². The lowest BCUT2D eigenvalue weighted by molar-refractivity contribution is 0.0951. The molecule has 2 rings (SSSR count). The minimum absolute atomic E-state index is 0.0000276. The van der Waals surface area contributed by atoms with Crippen molar-refractivity contribution in [2.75, 3.05) is 26.2 Å². The summed E-state index contributed by atoms with van der Waals surface area (Å²) in [7, 11) is -3.60. The average Bonchev–Trinajstić information content (AvgIpc) is 2.54. The van der Waals surface area contributed by atoms with Crippen molar-refractivity contribution in [2.45, 2.75) is 31.6 Å². The second-order valence-electron chi connectivity index (χ2n) is 6.63. The molecule has 0 saturated carbocycles. The van der Waals surface area contributed by atoms with Crippen molar-refractivity contribution in [1.82, 2.24) is 9.62 Å². The van der Waals surface area contributed by atoms with Crippen LogP contribution < -0.4 is 5.32 Å². The fraction of sp³-hybridized carbons (Fsp3) is 0.588. The lowest BCUT2D eigenvalue weighted by atomic mass is 9.94. The van der Waals surface area contributed by atoms with E-state index in [1.807, 2.05) is 0 Å². The van der Waals surface area contributed by atoms with E-state index in [-0.39, 0.29) is 17.4 Å². The number of aliphatic hydroxyl groups excluding tert-OH is 1. The number of nitrogens with zero attached hydrogens (tertiary/aromatic N) is 1. The smallest absolute Gasteiger partial charge is 0.251 e. The number of amides is 1. The highest BCUT2D eigenvalue weighted by Crippen LogP contribution is 2.26. The van der Waals surface area contributed by atoms with Gasteiger partial charge in [0.15, 0.2) is 0 Å². The second kappa shape index (κ2) is 8.09. The van der Waals surface area contributed by atoms with E-state index in [1.165, 1.54) is 16.4 Å². The van der Waals surface area contributed by atoms with Crippen molar-refractivity contribution in [3.8, 4) is 0 Å². The minimum Gasteiger partial charge on any atom is -0.396 e. The summed E-state index contributed by atoms with van der Waals surface area (Å²) in [6, 6.07) is 6.14. The first kappa shape index (κ1) is 18.9. The minimum atomic E-state index is -3.60. The van der Waals surface area contributed by atoms with Crippen molar-refractivity contribution in [1.29, 1.82) is 0 Å². The lowest BCUT2D eigenvalue weighted by Gasteiger charge is -2.34. The third-order valence-electron chi connectivity index (χ3n) is 4.19. The Kier molecular flexibility index (Phi) is 6.37. The summed E-state index contributed by atoms with van der Waals surface area (Å²) in [6.45, 7) is 5.50. The number of aliphatic hydroxyl groups is 1. The van der Waals surface area contributed by atoms with Crippen molar-refractivity contribution in [3.63, 3.8) is 0 Å². The van der Waals surface area contributed by atoms with Gasteiger partial charge in [0.1, 0.15) is 0 Å². The molecule has 0 radical (unpaired) electrons. The summed E-state index contributed by atoms with van der Waals surface area (Å²) < 4.78 is 27.3. The van der Waals surface area contributed by atoms with E-state index < -0.39 is 10.0 Å². The molecule has 2 atom stereocenters. The lowest BCUT2D eigenvalue weighted by Crippen LogP contribution is -2.42. The Balaban J connectivity index is 2.18. The van der Waals surface area contributed by atoms with Gasteiger partial charge in [-0.15, -0.1) is 0 Å². The van der Waals surface area contributed by atoms with E-state index in [9.17, 15) is 13.2 Å². The van der Waals surface area contributed by atoms with E-state index in [0.29, 0.717) is 43.5 Å². The first-order valence-electron chi connectivity index (χ1n) is 8.34. The molecule has 24 heavy (non-hydrogen) atoms. The van der Waals surface area contributed by atoms with Gasteiger partial charge in [-0.05, 0) is 42.9 Å². The van der Waals surface area contributed by atoms with Crippen molar-refractivity contribution >= 4 is 15.9 Å². The zero-order chi connectivity index (χ0) is 17.7. The predicted molar refractivity (Wildman–Crippen MR) is 92.2 cm³/mol. The molecule has 134 valence electrons. The van der Waals surface area contributed by atoms with E-state index in [1.54, 1.807) is 12.1 Å². The number of hydrogen-bond donors (Lipinski definition) is 2. The maximum absolute atomic E-state index is 12.9. The van der Waals surface area contributed by atoms with Crippen LogP contribution in [-0.4, -0.2) is 50.0 Å². The van der Waals surface area contributed by atoms with Crippen molar-refractivity contribution < 1.29 is 18.3 Å². The fourth-order valence-corrected chi connectivity index (χ4v) is 4.86. The van der Waals surface area contributed by atoms with Crippen LogP contribution in [0, 0.1) is 11.8 Å². The Labute approximate surface area is 143 Å². The van der Waals surface area contributed by atoms with Crippen LogP contribution in [0.4, 0.5) is 0 Å². The quantitative estimate of drug-likeness (QED) is 0.758. The number of sulfonamides is 1. The standard InChI is InChI=1S/C17H26N2O4S/c1-13-9-14(2)12-19(11-13)24(22,23)16-6-3-5-15(10-16)17(21)18-7-4-8-20/h3,5-6,10,13-14,20H,4,7-9,11-12H2,1-2H3,(H,18,21). The molecule has 2 N–H and O–H groups in total. The van der Waals surface area contributed by atoms with E-state index in [0.717, 1.165) is 6.42 Å². The van der Waals surface area contributed by atoms with Crippen LogP contribution in [0.3, 0.4) is 0 Å². The highest BCUT2D eigenvalue weighted by atomic mass is 32.2. The molecular formula is C17H26N2O4S. The fourth-order valence-electron chi connectivity index (χ4n) is 3.13. The Morgan fingerprint density at radius 3 is 2.58 bits per heavy atom. The predicted octanol–water partition coefficient (Wildman–Crippen LogP) is 1.47. The summed E-state index contributed by atoms with van der Waals surface area (Å²) >= 11 is 0. The Bertz CT molecular complexity index is 665. The number of rotatable bonds is 6. The molecule has 1 heterocycles. The molecule has 1 aromatic rings. The third-order valence-corrected chi connectivity index (χ3v) is 6.02. The second-order valence-corrected chi connectivity index (χ2v) is 8.57. The summed E-state index contributed by atoms with van der Waals surface area (Å²) in [6.07, 6.45) is 1.49. The Hall–Kier alpha value is -1.44. The van der Waals surface area contributed by atoms with E-state index in [4.69, 9.17) is 5.11 Å². The van der Waals surface area contributed by atoms with Crippen LogP contribution in [0.2, 0.25) is 0 Å². The number of benzene rings is 1. The molecule has 0 bridgehead atoms. The van der Waals surface area contributed by atoms with Gasteiger partial charge in [-0.25, -0.2) is 8.42 Å². The first-order valence-corrected chi connectivity index (χ1v) is 9.78.